The molecule has 4 nitrogen and oxygen atoms in total. The largest absolute Gasteiger partial charge is 0.465 e. The van der Waals surface area contributed by atoms with E-state index in [1.807, 2.05) is 54.6 Å². The van der Waals surface area contributed by atoms with Crippen molar-refractivity contribution in [3.63, 3.8) is 0 Å². The number of esters is 1. The molecule has 4 rings (SSSR count). The Kier molecular flexibility index (Phi) is 6.66. The highest BCUT2D eigenvalue weighted by Gasteiger charge is 2.12. The van der Waals surface area contributed by atoms with E-state index in [1.54, 1.807) is 12.1 Å². The Morgan fingerprint density at radius 1 is 0.727 bits per heavy atom. The van der Waals surface area contributed by atoms with Gasteiger partial charge in [0.25, 0.3) is 0 Å². The van der Waals surface area contributed by atoms with Crippen molar-refractivity contribution in [2.75, 3.05) is 17.7 Å². The average Bonchev–Trinajstić information content (AvgIpc) is 2.83. The molecule has 0 saturated heterocycles. The number of para-hydroxylation sites is 1. The predicted octanol–water partition coefficient (Wildman–Crippen LogP) is 7.90. The van der Waals surface area contributed by atoms with Crippen molar-refractivity contribution in [3.8, 4) is 11.1 Å². The summed E-state index contributed by atoms with van der Waals surface area (Å²) in [6.45, 7) is 4.20. The van der Waals surface area contributed by atoms with E-state index in [9.17, 15) is 4.79 Å². The molecule has 0 unspecified atom stereocenters. The van der Waals surface area contributed by atoms with Crippen LogP contribution < -0.4 is 10.6 Å². The minimum absolute atomic E-state index is 0.379. The van der Waals surface area contributed by atoms with E-state index in [0.29, 0.717) is 16.3 Å². The first-order valence-corrected chi connectivity index (χ1v) is 11.0. The molecule has 0 heterocycles. The van der Waals surface area contributed by atoms with Gasteiger partial charge in [0.1, 0.15) is 0 Å². The standard InChI is InChI=1S/C28H25ClN2O2/c1-18-8-4-5-9-22(18)24-17-25(29)27(16-19(24)2)31-21-14-12-20(13-15-21)30-26-11-7-6-10-23(26)28(32)33-3/h4-17,30-31H,1-3H3. The number of carbonyl (C=O) groups excluding carboxylic acids is 1. The van der Waals surface area contributed by atoms with Crippen molar-refractivity contribution >= 4 is 40.3 Å². The summed E-state index contributed by atoms with van der Waals surface area (Å²) in [4.78, 5) is 12.0. The molecule has 2 N–H and O–H groups in total. The van der Waals surface area contributed by atoms with Crippen molar-refractivity contribution in [1.82, 2.24) is 0 Å². The topological polar surface area (TPSA) is 50.4 Å². The van der Waals surface area contributed by atoms with E-state index >= 15 is 0 Å². The highest BCUT2D eigenvalue weighted by atomic mass is 35.5. The molecule has 0 radical (unpaired) electrons. The smallest absolute Gasteiger partial charge is 0.339 e. The van der Waals surface area contributed by atoms with E-state index in [0.717, 1.165) is 28.2 Å². The van der Waals surface area contributed by atoms with Gasteiger partial charge in [0, 0.05) is 11.4 Å². The lowest BCUT2D eigenvalue weighted by atomic mass is 9.96. The molecule has 33 heavy (non-hydrogen) atoms. The SMILES string of the molecule is COC(=O)c1ccccc1Nc1ccc(Nc2cc(C)c(-c3ccccc3C)cc2Cl)cc1. The van der Waals surface area contributed by atoms with Crippen molar-refractivity contribution in [3.05, 3.63) is 107 Å². The van der Waals surface area contributed by atoms with Gasteiger partial charge in [-0.3, -0.25) is 0 Å². The first kappa shape index (κ1) is 22.4. The van der Waals surface area contributed by atoms with E-state index in [4.69, 9.17) is 16.3 Å². The molecule has 0 aliphatic heterocycles. The van der Waals surface area contributed by atoms with Crippen LogP contribution in [0, 0.1) is 13.8 Å². The highest BCUT2D eigenvalue weighted by molar-refractivity contribution is 6.33. The number of aryl methyl sites for hydroxylation is 2. The molecule has 0 atom stereocenters. The molecule has 0 saturated carbocycles. The van der Waals surface area contributed by atoms with Gasteiger partial charge in [-0.05, 0) is 84.6 Å². The van der Waals surface area contributed by atoms with Crippen LogP contribution in [0.5, 0.6) is 0 Å². The minimum Gasteiger partial charge on any atom is -0.465 e. The molecule has 0 fully saturated rings. The fourth-order valence-electron chi connectivity index (χ4n) is 3.77. The van der Waals surface area contributed by atoms with Gasteiger partial charge in [-0.25, -0.2) is 4.79 Å². The van der Waals surface area contributed by atoms with E-state index in [1.165, 1.54) is 18.2 Å². The number of ether oxygens (including phenoxy) is 1. The molecule has 4 aromatic rings. The van der Waals surface area contributed by atoms with Crippen LogP contribution in [0.4, 0.5) is 22.7 Å². The predicted molar refractivity (Wildman–Crippen MR) is 137 cm³/mol. The molecule has 0 amide bonds. The second-order valence-corrected chi connectivity index (χ2v) is 8.23. The molecule has 0 bridgehead atoms. The van der Waals surface area contributed by atoms with Crippen LogP contribution in [0.15, 0.2) is 84.9 Å². The quantitative estimate of drug-likeness (QED) is 0.289. The fraction of sp³-hybridized carbons (Fsp3) is 0.107. The van der Waals surface area contributed by atoms with Gasteiger partial charge in [-0.1, -0.05) is 48.0 Å². The molecular formula is C28H25ClN2O2. The zero-order chi connectivity index (χ0) is 23.4. The Hall–Kier alpha value is -3.76. The Balaban J connectivity index is 1.53. The Bertz CT molecular complexity index is 1300. The molecule has 0 aliphatic rings. The number of nitrogens with one attached hydrogen (secondary N) is 2. The number of methoxy groups -OCH3 is 1. The number of carbonyl (C=O) groups is 1. The number of benzene rings is 4. The summed E-state index contributed by atoms with van der Waals surface area (Å²) >= 11 is 6.63. The second kappa shape index (κ2) is 9.80. The van der Waals surface area contributed by atoms with Crippen molar-refractivity contribution in [2.45, 2.75) is 13.8 Å². The number of anilines is 4. The summed E-state index contributed by atoms with van der Waals surface area (Å²) in [5.41, 5.74) is 8.47. The summed E-state index contributed by atoms with van der Waals surface area (Å²) in [6, 6.07) is 27.5. The van der Waals surface area contributed by atoms with Crippen molar-refractivity contribution in [1.29, 1.82) is 0 Å². The summed E-state index contributed by atoms with van der Waals surface area (Å²) in [7, 11) is 1.37. The molecule has 0 aromatic heterocycles. The average molecular weight is 457 g/mol. The Morgan fingerprint density at radius 3 is 2.00 bits per heavy atom. The van der Waals surface area contributed by atoms with Crippen molar-refractivity contribution < 1.29 is 9.53 Å². The van der Waals surface area contributed by atoms with Gasteiger partial charge in [-0.2, -0.15) is 0 Å². The molecule has 166 valence electrons. The molecule has 5 heteroatoms. The molecular weight excluding hydrogens is 432 g/mol. The summed E-state index contributed by atoms with van der Waals surface area (Å²) < 4.78 is 4.86. The van der Waals surface area contributed by atoms with Crippen LogP contribution in [0.3, 0.4) is 0 Å². The third kappa shape index (κ3) is 5.02. The van der Waals surface area contributed by atoms with E-state index < -0.39 is 0 Å². The maximum atomic E-state index is 12.0. The van der Waals surface area contributed by atoms with Crippen LogP contribution in [-0.4, -0.2) is 13.1 Å². The van der Waals surface area contributed by atoms with Gasteiger partial charge in [0.2, 0.25) is 0 Å². The van der Waals surface area contributed by atoms with Gasteiger partial charge in [0.05, 0.1) is 29.1 Å². The zero-order valence-corrected chi connectivity index (χ0v) is 19.5. The van der Waals surface area contributed by atoms with Crippen LogP contribution in [0.2, 0.25) is 5.02 Å². The summed E-state index contributed by atoms with van der Waals surface area (Å²) in [5, 5.41) is 7.34. The maximum absolute atomic E-state index is 12.0. The van der Waals surface area contributed by atoms with Gasteiger partial charge < -0.3 is 15.4 Å². The van der Waals surface area contributed by atoms with E-state index in [2.05, 4.69) is 42.7 Å². The number of halogens is 1. The molecule has 0 spiro atoms. The second-order valence-electron chi connectivity index (χ2n) is 7.83. The summed E-state index contributed by atoms with van der Waals surface area (Å²) in [5.74, 6) is -0.379. The summed E-state index contributed by atoms with van der Waals surface area (Å²) in [6.07, 6.45) is 0. The van der Waals surface area contributed by atoms with Crippen LogP contribution in [0.25, 0.3) is 11.1 Å². The molecule has 4 aromatic carbocycles. The fourth-order valence-corrected chi connectivity index (χ4v) is 3.98. The Labute approximate surface area is 199 Å². The number of rotatable bonds is 6. The normalized spacial score (nSPS) is 10.5. The minimum atomic E-state index is -0.379. The lowest BCUT2D eigenvalue weighted by molar-refractivity contribution is 0.0602. The third-order valence-corrected chi connectivity index (χ3v) is 5.84. The number of hydrogen-bond donors (Lipinski definition) is 2. The Morgan fingerprint density at radius 2 is 1.33 bits per heavy atom. The first-order valence-electron chi connectivity index (χ1n) is 10.6. The van der Waals surface area contributed by atoms with Gasteiger partial charge in [0.15, 0.2) is 0 Å². The van der Waals surface area contributed by atoms with Crippen LogP contribution in [0.1, 0.15) is 21.5 Å². The molecule has 0 aliphatic carbocycles. The lowest BCUT2D eigenvalue weighted by Gasteiger charge is -2.15. The van der Waals surface area contributed by atoms with Gasteiger partial charge in [-0.15, -0.1) is 0 Å². The highest BCUT2D eigenvalue weighted by Crippen LogP contribution is 2.35. The van der Waals surface area contributed by atoms with Crippen molar-refractivity contribution in [2.24, 2.45) is 0 Å². The maximum Gasteiger partial charge on any atom is 0.339 e. The van der Waals surface area contributed by atoms with Crippen LogP contribution >= 0.6 is 11.6 Å². The monoisotopic (exact) mass is 456 g/mol. The van der Waals surface area contributed by atoms with Gasteiger partial charge >= 0.3 is 5.97 Å². The first-order chi connectivity index (χ1) is 16.0. The number of hydrogen-bond acceptors (Lipinski definition) is 4. The van der Waals surface area contributed by atoms with E-state index in [-0.39, 0.29) is 5.97 Å². The zero-order valence-electron chi connectivity index (χ0n) is 18.8. The lowest BCUT2D eigenvalue weighted by Crippen LogP contribution is -2.05. The third-order valence-electron chi connectivity index (χ3n) is 5.52. The van der Waals surface area contributed by atoms with Crippen LogP contribution in [-0.2, 0) is 4.74 Å².